The summed E-state index contributed by atoms with van der Waals surface area (Å²) in [5.41, 5.74) is 7.17. The van der Waals surface area contributed by atoms with Crippen LogP contribution in [0.15, 0.2) is 30.3 Å². The molecule has 1 aromatic heterocycles. The number of hydrogen-bond donors (Lipinski definition) is 1. The van der Waals surface area contributed by atoms with Gasteiger partial charge in [-0.3, -0.25) is 9.69 Å². The van der Waals surface area contributed by atoms with E-state index in [0.29, 0.717) is 31.8 Å². The molecular formula is C29H39FN4O2. The highest BCUT2D eigenvalue weighted by Gasteiger charge is 2.24. The number of nitrogens with zero attached hydrogens (tertiary/aromatic N) is 3. The van der Waals surface area contributed by atoms with E-state index in [1.807, 2.05) is 24.0 Å². The Balaban J connectivity index is 1.66. The van der Waals surface area contributed by atoms with Gasteiger partial charge in [0.25, 0.3) is 5.91 Å². The van der Waals surface area contributed by atoms with E-state index in [-0.39, 0.29) is 11.7 Å². The number of anilines is 1. The van der Waals surface area contributed by atoms with E-state index in [9.17, 15) is 9.18 Å². The summed E-state index contributed by atoms with van der Waals surface area (Å²) in [6.07, 6.45) is 1.02. The maximum absolute atomic E-state index is 13.6. The van der Waals surface area contributed by atoms with E-state index in [0.717, 1.165) is 60.3 Å². The topological polar surface area (TPSA) is 49.7 Å². The van der Waals surface area contributed by atoms with Crippen molar-refractivity contribution >= 4 is 22.5 Å². The summed E-state index contributed by atoms with van der Waals surface area (Å²) in [7, 11) is 1.72. The van der Waals surface area contributed by atoms with Crippen molar-refractivity contribution < 1.29 is 13.9 Å². The van der Waals surface area contributed by atoms with Crippen LogP contribution in [0.4, 0.5) is 10.1 Å². The molecule has 6 nitrogen and oxygen atoms in total. The van der Waals surface area contributed by atoms with E-state index in [4.69, 9.17) is 4.74 Å². The number of halogens is 1. The molecule has 1 aliphatic heterocycles. The van der Waals surface area contributed by atoms with Gasteiger partial charge in [-0.15, -0.1) is 0 Å². The third kappa shape index (κ3) is 5.42. The first kappa shape index (κ1) is 26.2. The fraction of sp³-hybridized carbons (Fsp3) is 0.483. The largest absolute Gasteiger partial charge is 0.383 e. The van der Waals surface area contributed by atoms with Crippen molar-refractivity contribution in [2.45, 2.75) is 47.2 Å². The minimum atomic E-state index is -0.225. The molecule has 2 aromatic carbocycles. The highest BCUT2D eigenvalue weighted by Crippen LogP contribution is 2.34. The molecule has 1 fully saturated rings. The maximum Gasteiger partial charge on any atom is 0.254 e. The van der Waals surface area contributed by atoms with Crippen molar-refractivity contribution in [3.63, 3.8) is 0 Å². The molecule has 4 rings (SSSR count). The van der Waals surface area contributed by atoms with Crippen LogP contribution < -0.4 is 5.32 Å². The molecule has 1 N–H and O–H groups in total. The van der Waals surface area contributed by atoms with Crippen LogP contribution in [-0.4, -0.2) is 66.7 Å². The number of carbonyl (C=O) groups is 1. The van der Waals surface area contributed by atoms with E-state index < -0.39 is 0 Å². The van der Waals surface area contributed by atoms with Gasteiger partial charge in [0, 0.05) is 69.6 Å². The van der Waals surface area contributed by atoms with Crippen molar-refractivity contribution in [2.75, 3.05) is 51.8 Å². The molecule has 1 aliphatic rings. The summed E-state index contributed by atoms with van der Waals surface area (Å²) in [6, 6.07) is 8.96. The van der Waals surface area contributed by atoms with E-state index in [1.54, 1.807) is 13.2 Å². The molecule has 1 amide bonds. The number of rotatable bonds is 9. The Hall–Kier alpha value is -2.90. The van der Waals surface area contributed by atoms with Crippen LogP contribution in [0.3, 0.4) is 0 Å². The number of aryl methyl sites for hydroxylation is 3. The smallest absolute Gasteiger partial charge is 0.254 e. The predicted octanol–water partition coefficient (Wildman–Crippen LogP) is 5.13. The molecule has 0 bridgehead atoms. The molecule has 0 atom stereocenters. The Morgan fingerprint density at radius 2 is 1.81 bits per heavy atom. The first-order chi connectivity index (χ1) is 17.3. The number of aromatic nitrogens is 1. The second-order valence-corrected chi connectivity index (χ2v) is 9.83. The Kier molecular flexibility index (Phi) is 8.32. The molecule has 0 aliphatic carbocycles. The standard InChI is InChI=1S/C29H39FN4O2/c1-6-9-34-22(4)21(3)26-17-24(29(35)33-12-10-32(11-13-33)14-15-36-5)18-27(28(26)34)31-19-23-7-8-25(30)16-20(23)2/h7-8,16-18,31H,6,9-15,19H2,1-5H3. The van der Waals surface area contributed by atoms with E-state index in [2.05, 4.69) is 41.6 Å². The summed E-state index contributed by atoms with van der Waals surface area (Å²) in [6.45, 7) is 14.6. The number of piperazine rings is 1. The Bertz CT molecular complexity index is 1230. The van der Waals surface area contributed by atoms with Gasteiger partial charge in [-0.25, -0.2) is 4.39 Å². The summed E-state index contributed by atoms with van der Waals surface area (Å²) in [4.78, 5) is 17.9. The Morgan fingerprint density at radius 3 is 2.47 bits per heavy atom. The highest BCUT2D eigenvalue weighted by molar-refractivity contribution is 6.04. The Morgan fingerprint density at radius 1 is 1.06 bits per heavy atom. The van der Waals surface area contributed by atoms with Gasteiger partial charge < -0.3 is 19.5 Å². The average molecular weight is 495 g/mol. The summed E-state index contributed by atoms with van der Waals surface area (Å²) in [5.74, 6) is -0.152. The summed E-state index contributed by atoms with van der Waals surface area (Å²) >= 11 is 0. The van der Waals surface area contributed by atoms with Crippen LogP contribution in [0, 0.1) is 26.6 Å². The average Bonchev–Trinajstić information content (AvgIpc) is 3.12. The lowest BCUT2D eigenvalue weighted by Gasteiger charge is -2.34. The van der Waals surface area contributed by atoms with Gasteiger partial charge in [0.05, 0.1) is 17.8 Å². The van der Waals surface area contributed by atoms with Crippen molar-refractivity contribution in [1.82, 2.24) is 14.4 Å². The molecule has 0 unspecified atom stereocenters. The van der Waals surface area contributed by atoms with Gasteiger partial charge in [-0.1, -0.05) is 13.0 Å². The fourth-order valence-corrected chi connectivity index (χ4v) is 5.16. The van der Waals surface area contributed by atoms with Gasteiger partial charge in [0.1, 0.15) is 5.82 Å². The molecule has 36 heavy (non-hydrogen) atoms. The van der Waals surface area contributed by atoms with Crippen molar-refractivity contribution in [3.05, 3.63) is 64.1 Å². The number of carbonyl (C=O) groups excluding carboxylic acids is 1. The van der Waals surface area contributed by atoms with Crippen LogP contribution in [0.1, 0.15) is 46.1 Å². The second kappa shape index (κ2) is 11.4. The first-order valence-corrected chi connectivity index (χ1v) is 13.0. The van der Waals surface area contributed by atoms with Crippen LogP contribution in [0.25, 0.3) is 10.9 Å². The maximum atomic E-state index is 13.6. The third-order valence-electron chi connectivity index (χ3n) is 7.47. The zero-order valence-corrected chi connectivity index (χ0v) is 22.3. The Labute approximate surface area is 214 Å². The van der Waals surface area contributed by atoms with Crippen LogP contribution in [0.5, 0.6) is 0 Å². The van der Waals surface area contributed by atoms with E-state index >= 15 is 0 Å². The van der Waals surface area contributed by atoms with Gasteiger partial charge in [0.15, 0.2) is 0 Å². The molecule has 3 aromatic rings. The molecule has 0 radical (unpaired) electrons. The third-order valence-corrected chi connectivity index (χ3v) is 7.47. The predicted molar refractivity (Wildman–Crippen MR) is 144 cm³/mol. The number of hydrogen-bond acceptors (Lipinski definition) is 4. The van der Waals surface area contributed by atoms with E-state index in [1.165, 1.54) is 17.3 Å². The SMILES string of the molecule is CCCn1c(C)c(C)c2cc(C(=O)N3CCN(CCOC)CC3)cc(NCc3ccc(F)cc3C)c21. The molecule has 0 saturated carbocycles. The molecular weight excluding hydrogens is 455 g/mol. The monoisotopic (exact) mass is 494 g/mol. The number of ether oxygens (including phenoxy) is 1. The normalized spacial score (nSPS) is 14.6. The lowest BCUT2D eigenvalue weighted by molar-refractivity contribution is 0.0594. The minimum Gasteiger partial charge on any atom is -0.383 e. The number of benzene rings is 2. The van der Waals surface area contributed by atoms with Gasteiger partial charge in [-0.05, 0) is 68.1 Å². The summed E-state index contributed by atoms with van der Waals surface area (Å²) in [5, 5.41) is 4.71. The molecule has 194 valence electrons. The van der Waals surface area contributed by atoms with Crippen LogP contribution >= 0.6 is 0 Å². The molecule has 2 heterocycles. The van der Waals surface area contributed by atoms with Crippen molar-refractivity contribution in [3.8, 4) is 0 Å². The first-order valence-electron chi connectivity index (χ1n) is 13.0. The number of amides is 1. The highest BCUT2D eigenvalue weighted by atomic mass is 19.1. The second-order valence-electron chi connectivity index (χ2n) is 9.83. The zero-order valence-electron chi connectivity index (χ0n) is 22.3. The van der Waals surface area contributed by atoms with Gasteiger partial charge >= 0.3 is 0 Å². The van der Waals surface area contributed by atoms with Crippen molar-refractivity contribution in [2.24, 2.45) is 0 Å². The zero-order chi connectivity index (χ0) is 25.8. The minimum absolute atomic E-state index is 0.0737. The van der Waals surface area contributed by atoms with Gasteiger partial charge in [0.2, 0.25) is 0 Å². The molecule has 7 heteroatoms. The number of fused-ring (bicyclic) bond motifs is 1. The van der Waals surface area contributed by atoms with Crippen molar-refractivity contribution in [1.29, 1.82) is 0 Å². The molecule has 0 spiro atoms. The number of nitrogens with one attached hydrogen (secondary N) is 1. The fourth-order valence-electron chi connectivity index (χ4n) is 5.16. The quantitative estimate of drug-likeness (QED) is 0.448. The summed E-state index contributed by atoms with van der Waals surface area (Å²) < 4.78 is 21.2. The van der Waals surface area contributed by atoms with Gasteiger partial charge in [-0.2, -0.15) is 0 Å². The number of methoxy groups -OCH3 is 1. The van der Waals surface area contributed by atoms with Crippen LogP contribution in [-0.2, 0) is 17.8 Å². The lowest BCUT2D eigenvalue weighted by Crippen LogP contribution is -2.49. The van der Waals surface area contributed by atoms with Crippen LogP contribution in [0.2, 0.25) is 0 Å². The molecule has 1 saturated heterocycles. The lowest BCUT2D eigenvalue weighted by atomic mass is 10.0.